The van der Waals surface area contributed by atoms with E-state index in [1.807, 2.05) is 6.92 Å². The van der Waals surface area contributed by atoms with E-state index < -0.39 is 18.3 Å². The summed E-state index contributed by atoms with van der Waals surface area (Å²) in [6, 6.07) is 2.15. The number of imidazole rings is 1. The first kappa shape index (κ1) is 23.8. The average molecular weight is 493 g/mol. The van der Waals surface area contributed by atoms with Crippen molar-refractivity contribution < 1.29 is 19.3 Å². The molecule has 4 rings (SSSR count). The van der Waals surface area contributed by atoms with Crippen molar-refractivity contribution in [3.63, 3.8) is 0 Å². The topological polar surface area (TPSA) is 71.7 Å². The molecule has 0 amide bonds. The number of ether oxygens (including phenoxy) is 1. The number of rotatable bonds is 8. The van der Waals surface area contributed by atoms with E-state index >= 15 is 0 Å². The molecule has 3 aromatic rings. The summed E-state index contributed by atoms with van der Waals surface area (Å²) < 4.78 is 54.4. The standard InChI is InChI=1S/C24H32F3N7O/c1-5-6-20(24(25,26)27)35-23-30-15-21-28-14-19(34(21)31-23)12-17-11-16(2)22(29-13-17)33-9-7-18(8-10-33)32(3)4/h11,13-15,18,20H,5-10,12H2,1-4H3/t20-/m1/s1/i15D. The van der Waals surface area contributed by atoms with E-state index in [0.717, 1.165) is 42.9 Å². The van der Waals surface area contributed by atoms with Gasteiger partial charge in [-0.3, -0.25) is 0 Å². The minimum absolute atomic E-state index is 0.154. The largest absolute Gasteiger partial charge is 0.449 e. The molecule has 1 aliphatic heterocycles. The van der Waals surface area contributed by atoms with E-state index in [1.165, 1.54) is 4.52 Å². The van der Waals surface area contributed by atoms with Crippen LogP contribution in [0.1, 0.15) is 50.8 Å². The molecule has 0 bridgehead atoms. The van der Waals surface area contributed by atoms with E-state index in [1.54, 1.807) is 19.3 Å². The van der Waals surface area contributed by atoms with Crippen LogP contribution < -0.4 is 9.64 Å². The van der Waals surface area contributed by atoms with E-state index in [0.29, 0.717) is 18.2 Å². The maximum Gasteiger partial charge on any atom is 0.425 e. The van der Waals surface area contributed by atoms with Gasteiger partial charge in [0.1, 0.15) is 5.82 Å². The van der Waals surface area contributed by atoms with Crippen LogP contribution in [0, 0.1) is 6.92 Å². The number of hydrogen-bond donors (Lipinski definition) is 0. The predicted molar refractivity (Wildman–Crippen MR) is 127 cm³/mol. The number of halogens is 3. The molecule has 0 N–H and O–H groups in total. The van der Waals surface area contributed by atoms with Crippen LogP contribution in [0.5, 0.6) is 6.01 Å². The molecule has 1 atom stereocenters. The monoisotopic (exact) mass is 492 g/mol. The molecule has 4 heterocycles. The first-order chi connectivity index (χ1) is 17.1. The Hall–Kier alpha value is -2.95. The zero-order valence-corrected chi connectivity index (χ0v) is 20.5. The first-order valence-electron chi connectivity index (χ1n) is 12.4. The lowest BCUT2D eigenvalue weighted by Gasteiger charge is -2.36. The molecule has 8 nitrogen and oxygen atoms in total. The second kappa shape index (κ2) is 10.3. The lowest BCUT2D eigenvalue weighted by atomic mass is 10.0. The normalized spacial score (nSPS) is 16.7. The quantitative estimate of drug-likeness (QED) is 0.470. The number of alkyl halides is 3. The van der Waals surface area contributed by atoms with Gasteiger partial charge < -0.3 is 14.5 Å². The third-order valence-corrected chi connectivity index (χ3v) is 6.40. The summed E-state index contributed by atoms with van der Waals surface area (Å²) >= 11 is 0. The summed E-state index contributed by atoms with van der Waals surface area (Å²) in [6.07, 6.45) is -0.897. The number of aryl methyl sites for hydroxylation is 1. The van der Waals surface area contributed by atoms with Crippen LogP contribution in [0.3, 0.4) is 0 Å². The Bertz CT molecular complexity index is 1190. The van der Waals surface area contributed by atoms with Crippen LogP contribution >= 0.6 is 0 Å². The number of anilines is 1. The summed E-state index contributed by atoms with van der Waals surface area (Å²) in [5, 5.41) is 4.13. The van der Waals surface area contributed by atoms with Crippen molar-refractivity contribution >= 4 is 11.5 Å². The van der Waals surface area contributed by atoms with E-state index in [-0.39, 0.29) is 24.7 Å². The number of fused-ring (bicyclic) bond motifs is 1. The maximum atomic E-state index is 13.3. The summed E-state index contributed by atoms with van der Waals surface area (Å²) in [6.45, 7) is 5.57. The molecule has 190 valence electrons. The Balaban J connectivity index is 1.53. The highest BCUT2D eigenvalue weighted by Gasteiger charge is 2.41. The molecule has 1 aliphatic rings. The fraction of sp³-hybridized carbons (Fsp3) is 0.583. The molecule has 1 fully saturated rings. The van der Waals surface area contributed by atoms with Crippen LogP contribution in [0.2, 0.25) is 0 Å². The number of nitrogens with zero attached hydrogens (tertiary/aromatic N) is 7. The van der Waals surface area contributed by atoms with Gasteiger partial charge in [0.2, 0.25) is 0 Å². The highest BCUT2D eigenvalue weighted by atomic mass is 19.4. The van der Waals surface area contributed by atoms with Crippen LogP contribution in [0.25, 0.3) is 5.65 Å². The van der Waals surface area contributed by atoms with Gasteiger partial charge in [-0.25, -0.2) is 14.5 Å². The number of piperidine rings is 1. The minimum Gasteiger partial charge on any atom is -0.449 e. The predicted octanol–water partition coefficient (Wildman–Crippen LogP) is 4.06. The molecule has 1 saturated heterocycles. The Kier molecular flexibility index (Phi) is 7.03. The summed E-state index contributed by atoms with van der Waals surface area (Å²) in [5.41, 5.74) is 2.72. The third kappa shape index (κ3) is 5.83. The zero-order valence-electron chi connectivity index (χ0n) is 21.5. The van der Waals surface area contributed by atoms with Crippen LogP contribution in [0.4, 0.5) is 19.0 Å². The van der Waals surface area contributed by atoms with Gasteiger partial charge in [0.25, 0.3) is 0 Å². The van der Waals surface area contributed by atoms with E-state index in [2.05, 4.69) is 45.0 Å². The summed E-state index contributed by atoms with van der Waals surface area (Å²) in [4.78, 5) is 17.3. The van der Waals surface area contributed by atoms with Gasteiger partial charge >= 0.3 is 12.2 Å². The molecule has 0 unspecified atom stereocenters. The smallest absolute Gasteiger partial charge is 0.425 e. The number of pyridine rings is 1. The van der Waals surface area contributed by atoms with Gasteiger partial charge in [-0.05, 0) is 51.4 Å². The van der Waals surface area contributed by atoms with Crippen molar-refractivity contribution in [3.05, 3.63) is 41.5 Å². The second-order valence-corrected chi connectivity index (χ2v) is 9.27. The van der Waals surface area contributed by atoms with Crippen molar-refractivity contribution in [1.29, 1.82) is 0 Å². The van der Waals surface area contributed by atoms with E-state index in [4.69, 9.17) is 11.1 Å². The Morgan fingerprint density at radius 3 is 2.57 bits per heavy atom. The van der Waals surface area contributed by atoms with Crippen LogP contribution in [-0.2, 0) is 6.42 Å². The van der Waals surface area contributed by atoms with Crippen LogP contribution in [-0.4, -0.2) is 75.0 Å². The molecule has 0 saturated carbocycles. The lowest BCUT2D eigenvalue weighted by Crippen LogP contribution is -2.42. The molecular weight excluding hydrogens is 459 g/mol. The third-order valence-electron chi connectivity index (χ3n) is 6.40. The fourth-order valence-electron chi connectivity index (χ4n) is 4.48. The van der Waals surface area contributed by atoms with Crippen molar-refractivity contribution in [2.75, 3.05) is 32.1 Å². The Morgan fingerprint density at radius 1 is 1.20 bits per heavy atom. The highest BCUT2D eigenvalue weighted by molar-refractivity contribution is 5.48. The molecule has 0 aliphatic carbocycles. The number of hydrogen-bond acceptors (Lipinski definition) is 7. The zero-order chi connectivity index (χ0) is 26.0. The molecular formula is C24H32F3N7O. The molecule has 35 heavy (non-hydrogen) atoms. The Labute approximate surface area is 204 Å². The van der Waals surface area contributed by atoms with Gasteiger partial charge in [0.15, 0.2) is 11.8 Å². The minimum atomic E-state index is -4.55. The van der Waals surface area contributed by atoms with Gasteiger partial charge in [0, 0.05) is 31.7 Å². The summed E-state index contributed by atoms with van der Waals surface area (Å²) in [7, 11) is 4.23. The maximum absolute atomic E-state index is 13.3. The first-order valence-corrected chi connectivity index (χ1v) is 11.9. The summed E-state index contributed by atoms with van der Waals surface area (Å²) in [5.74, 6) is 0.967. The molecule has 0 radical (unpaired) electrons. The van der Waals surface area contributed by atoms with Crippen molar-refractivity contribution in [2.45, 2.75) is 64.3 Å². The van der Waals surface area contributed by atoms with Crippen molar-refractivity contribution in [2.24, 2.45) is 0 Å². The Morgan fingerprint density at radius 2 is 1.94 bits per heavy atom. The van der Waals surface area contributed by atoms with Gasteiger partial charge in [0.05, 0.1) is 19.4 Å². The fourth-order valence-corrected chi connectivity index (χ4v) is 4.48. The van der Waals surface area contributed by atoms with Crippen molar-refractivity contribution in [1.82, 2.24) is 29.5 Å². The molecule has 0 aromatic carbocycles. The molecule has 11 heteroatoms. The molecule has 3 aromatic heterocycles. The van der Waals surface area contributed by atoms with Gasteiger partial charge in [-0.15, -0.1) is 5.10 Å². The second-order valence-electron chi connectivity index (χ2n) is 9.27. The average Bonchev–Trinajstić information content (AvgIpc) is 3.21. The molecule has 0 spiro atoms. The highest BCUT2D eigenvalue weighted by Crippen LogP contribution is 2.27. The lowest BCUT2D eigenvalue weighted by molar-refractivity contribution is -0.198. The van der Waals surface area contributed by atoms with E-state index in [9.17, 15) is 13.2 Å². The SMILES string of the molecule is [2H]c1nc(O[C@H](CCC)C(F)(F)F)nn2c(Cc3cnc(N4CCC(N(C)C)CC4)c(C)c3)cnc12. The van der Waals surface area contributed by atoms with Crippen molar-refractivity contribution in [3.8, 4) is 6.01 Å². The number of aromatic nitrogens is 5. The van der Waals surface area contributed by atoms with Crippen LogP contribution in [0.15, 0.2) is 24.6 Å². The van der Waals surface area contributed by atoms with Gasteiger partial charge in [-0.2, -0.15) is 18.2 Å². The van der Waals surface area contributed by atoms with Gasteiger partial charge in [-0.1, -0.05) is 19.4 Å².